The van der Waals surface area contributed by atoms with Gasteiger partial charge in [0.25, 0.3) is 0 Å². The van der Waals surface area contributed by atoms with Crippen molar-refractivity contribution in [2.45, 2.75) is 82.9 Å². The third-order valence-electron chi connectivity index (χ3n) is 6.82. The maximum atomic E-state index is 13.7. The number of aliphatic hydroxyl groups is 1. The fraction of sp³-hybridized carbons (Fsp3) is 0.500. The summed E-state index contributed by atoms with van der Waals surface area (Å²) in [6.07, 6.45) is 1.15. The van der Waals surface area contributed by atoms with Crippen molar-refractivity contribution in [3.8, 4) is 0 Å². The zero-order chi connectivity index (χ0) is 25.8. The van der Waals surface area contributed by atoms with Gasteiger partial charge in [0.1, 0.15) is 17.4 Å². The summed E-state index contributed by atoms with van der Waals surface area (Å²) < 4.78 is 27.4. The lowest BCUT2D eigenvalue weighted by Crippen LogP contribution is -2.53. The molecular formula is C28H36F2N2O3. The molecule has 2 aromatic carbocycles. The Hall–Kier alpha value is -2.64. The number of hydrogen-bond donors (Lipinski definition) is 3. The molecule has 0 aliphatic heterocycles. The minimum absolute atomic E-state index is 0.0437. The van der Waals surface area contributed by atoms with Crippen molar-refractivity contribution < 1.29 is 23.5 Å². The van der Waals surface area contributed by atoms with E-state index in [0.717, 1.165) is 11.6 Å². The third kappa shape index (κ3) is 7.18. The van der Waals surface area contributed by atoms with Crippen LogP contribution in [0.2, 0.25) is 0 Å². The number of rotatable bonds is 8. The van der Waals surface area contributed by atoms with Crippen LogP contribution in [-0.4, -0.2) is 35.5 Å². The molecule has 0 radical (unpaired) electrons. The number of halogens is 2. The summed E-state index contributed by atoms with van der Waals surface area (Å²) in [6, 6.07) is 10.8. The van der Waals surface area contributed by atoms with E-state index in [9.17, 15) is 23.5 Å². The first-order valence-corrected chi connectivity index (χ1v) is 12.2. The van der Waals surface area contributed by atoms with E-state index in [1.165, 1.54) is 24.6 Å². The maximum Gasteiger partial charge on any atom is 0.217 e. The van der Waals surface area contributed by atoms with Crippen LogP contribution in [0, 0.1) is 11.6 Å². The minimum Gasteiger partial charge on any atom is -0.390 e. The molecule has 3 N–H and O–H groups in total. The smallest absolute Gasteiger partial charge is 0.217 e. The van der Waals surface area contributed by atoms with Crippen LogP contribution in [-0.2, 0) is 27.0 Å². The van der Waals surface area contributed by atoms with Gasteiger partial charge in [0, 0.05) is 37.9 Å². The Morgan fingerprint density at radius 2 is 1.71 bits per heavy atom. The molecule has 3 rings (SSSR count). The van der Waals surface area contributed by atoms with Crippen LogP contribution < -0.4 is 10.6 Å². The highest BCUT2D eigenvalue weighted by Crippen LogP contribution is 2.37. The number of benzene rings is 2. The average molecular weight is 487 g/mol. The van der Waals surface area contributed by atoms with Crippen LogP contribution in [0.15, 0.2) is 42.5 Å². The van der Waals surface area contributed by atoms with Crippen molar-refractivity contribution in [2.24, 2.45) is 0 Å². The summed E-state index contributed by atoms with van der Waals surface area (Å²) in [6.45, 7) is 7.91. The van der Waals surface area contributed by atoms with E-state index in [4.69, 9.17) is 0 Å². The number of aliphatic hydroxyl groups excluding tert-OH is 1. The Morgan fingerprint density at radius 3 is 2.29 bits per heavy atom. The van der Waals surface area contributed by atoms with Crippen molar-refractivity contribution in [3.05, 3.63) is 70.8 Å². The Balaban J connectivity index is 1.83. The number of carbonyl (C=O) groups excluding carboxylic acids is 2. The molecule has 35 heavy (non-hydrogen) atoms. The number of ketones is 1. The molecule has 1 amide bonds. The molecule has 7 heteroatoms. The predicted octanol–water partition coefficient (Wildman–Crippen LogP) is 4.30. The van der Waals surface area contributed by atoms with Gasteiger partial charge in [-0.2, -0.15) is 0 Å². The molecule has 1 unspecified atom stereocenters. The number of hydrogen-bond acceptors (Lipinski definition) is 4. The number of Topliss-reactive ketones (excluding diaryl/α,β-unsaturated/α-hetero) is 1. The van der Waals surface area contributed by atoms with Gasteiger partial charge in [0.2, 0.25) is 5.91 Å². The molecule has 1 fully saturated rings. The molecular weight excluding hydrogens is 450 g/mol. The molecule has 0 aromatic heterocycles. The molecule has 0 heterocycles. The molecule has 190 valence electrons. The van der Waals surface area contributed by atoms with Crippen molar-refractivity contribution in [3.63, 3.8) is 0 Å². The van der Waals surface area contributed by atoms with Gasteiger partial charge in [-0.05, 0) is 53.5 Å². The van der Waals surface area contributed by atoms with Crippen LogP contribution in [0.3, 0.4) is 0 Å². The normalized spacial score (nSPS) is 17.6. The van der Waals surface area contributed by atoms with Crippen LogP contribution in [0.25, 0.3) is 0 Å². The molecule has 1 aliphatic rings. The van der Waals surface area contributed by atoms with Gasteiger partial charge in [-0.1, -0.05) is 45.0 Å². The van der Waals surface area contributed by atoms with Crippen molar-refractivity contribution in [1.29, 1.82) is 0 Å². The van der Waals surface area contributed by atoms with E-state index in [0.29, 0.717) is 31.2 Å². The topological polar surface area (TPSA) is 78.4 Å². The van der Waals surface area contributed by atoms with E-state index in [2.05, 4.69) is 43.5 Å². The first kappa shape index (κ1) is 27.0. The molecule has 1 aliphatic carbocycles. The monoisotopic (exact) mass is 486 g/mol. The molecule has 0 spiro atoms. The summed E-state index contributed by atoms with van der Waals surface area (Å²) >= 11 is 0. The highest BCUT2D eigenvalue weighted by molar-refractivity contribution is 5.79. The third-order valence-corrected chi connectivity index (χ3v) is 6.82. The van der Waals surface area contributed by atoms with Gasteiger partial charge in [-0.25, -0.2) is 8.78 Å². The Kier molecular flexibility index (Phi) is 8.44. The van der Waals surface area contributed by atoms with Crippen LogP contribution in [0.1, 0.15) is 70.1 Å². The van der Waals surface area contributed by atoms with E-state index < -0.39 is 29.3 Å². The number of amides is 1. The van der Waals surface area contributed by atoms with E-state index in [1.54, 1.807) is 0 Å². The molecule has 2 atom stereocenters. The zero-order valence-electron chi connectivity index (χ0n) is 21.0. The molecule has 0 bridgehead atoms. The zero-order valence-corrected chi connectivity index (χ0v) is 21.0. The van der Waals surface area contributed by atoms with E-state index >= 15 is 0 Å². The van der Waals surface area contributed by atoms with Gasteiger partial charge >= 0.3 is 0 Å². The van der Waals surface area contributed by atoms with Crippen molar-refractivity contribution >= 4 is 11.7 Å². The second-order valence-electron chi connectivity index (χ2n) is 10.7. The molecule has 0 saturated heterocycles. The molecule has 1 saturated carbocycles. The highest BCUT2D eigenvalue weighted by atomic mass is 19.1. The highest BCUT2D eigenvalue weighted by Gasteiger charge is 2.37. The first-order chi connectivity index (χ1) is 16.4. The van der Waals surface area contributed by atoms with Gasteiger partial charge in [0.15, 0.2) is 0 Å². The molecule has 5 nitrogen and oxygen atoms in total. The number of nitrogens with one attached hydrogen (secondary N) is 2. The second-order valence-corrected chi connectivity index (χ2v) is 10.7. The SMILES string of the molecule is CC(=O)NC(Cc1cc(F)cc(F)c1)[C@H](O)CNC1(c2cccc(C(C)(C)C)c2)CCC(=O)CC1. The van der Waals surface area contributed by atoms with Crippen LogP contribution >= 0.6 is 0 Å². The van der Waals surface area contributed by atoms with E-state index in [-0.39, 0.29) is 30.1 Å². The van der Waals surface area contributed by atoms with E-state index in [1.807, 2.05) is 12.1 Å². The van der Waals surface area contributed by atoms with Crippen LogP contribution in [0.4, 0.5) is 8.78 Å². The van der Waals surface area contributed by atoms with Crippen molar-refractivity contribution in [1.82, 2.24) is 10.6 Å². The predicted molar refractivity (Wildman–Crippen MR) is 132 cm³/mol. The Labute approximate surface area is 206 Å². The quantitative estimate of drug-likeness (QED) is 0.520. The van der Waals surface area contributed by atoms with Gasteiger partial charge in [0.05, 0.1) is 12.1 Å². The van der Waals surface area contributed by atoms with Gasteiger partial charge in [-0.3, -0.25) is 9.59 Å². The fourth-order valence-corrected chi connectivity index (χ4v) is 4.78. The second kappa shape index (κ2) is 11.0. The Morgan fingerprint density at radius 1 is 1.09 bits per heavy atom. The standard InChI is InChI=1S/C28H36F2N2O3/c1-18(33)32-25(14-19-12-22(29)16-23(30)13-19)26(35)17-31-28(10-8-24(34)9-11-28)21-7-5-6-20(15-21)27(2,3)4/h5-7,12-13,15-16,25-26,31,35H,8-11,14,17H2,1-4H3,(H,32,33)/t25?,26-/m1/s1. The summed E-state index contributed by atoms with van der Waals surface area (Å²) in [5.41, 5.74) is 2.04. The maximum absolute atomic E-state index is 13.7. The minimum atomic E-state index is -1.02. The largest absolute Gasteiger partial charge is 0.390 e. The first-order valence-electron chi connectivity index (χ1n) is 12.2. The average Bonchev–Trinajstić information content (AvgIpc) is 2.77. The number of carbonyl (C=O) groups is 2. The Bertz CT molecular complexity index is 1030. The summed E-state index contributed by atoms with van der Waals surface area (Å²) in [4.78, 5) is 23.9. The lowest BCUT2D eigenvalue weighted by molar-refractivity contribution is -0.122. The van der Waals surface area contributed by atoms with Crippen LogP contribution in [0.5, 0.6) is 0 Å². The summed E-state index contributed by atoms with van der Waals surface area (Å²) in [5, 5.41) is 17.3. The van der Waals surface area contributed by atoms with Gasteiger partial charge in [-0.15, -0.1) is 0 Å². The fourth-order valence-electron chi connectivity index (χ4n) is 4.78. The lowest BCUT2D eigenvalue weighted by Gasteiger charge is -2.40. The molecule has 2 aromatic rings. The van der Waals surface area contributed by atoms with Crippen molar-refractivity contribution in [2.75, 3.05) is 6.54 Å². The lowest BCUT2D eigenvalue weighted by atomic mass is 9.74. The van der Waals surface area contributed by atoms with Gasteiger partial charge < -0.3 is 15.7 Å². The summed E-state index contributed by atoms with van der Waals surface area (Å²) in [5.74, 6) is -1.54. The summed E-state index contributed by atoms with van der Waals surface area (Å²) in [7, 11) is 0.